The average Bonchev–Trinajstić information content (AvgIpc) is 2.97. The van der Waals surface area contributed by atoms with Gasteiger partial charge in [0.2, 0.25) is 0 Å². The number of nitrogens with zero attached hydrogens (tertiary/aromatic N) is 2. The van der Waals surface area contributed by atoms with Gasteiger partial charge in [0.1, 0.15) is 5.75 Å². The Morgan fingerprint density at radius 2 is 1.32 bits per heavy atom. The van der Waals surface area contributed by atoms with Gasteiger partial charge in [-0.1, -0.05) is 72.8 Å². The molecule has 0 fully saturated rings. The van der Waals surface area contributed by atoms with Crippen LogP contribution in [0.5, 0.6) is 5.75 Å². The summed E-state index contributed by atoms with van der Waals surface area (Å²) in [7, 11) is 3.79. The lowest BCUT2D eigenvalue weighted by atomic mass is 9.90. The van der Waals surface area contributed by atoms with Crippen molar-refractivity contribution in [2.24, 2.45) is 0 Å². The lowest BCUT2D eigenvalue weighted by Crippen LogP contribution is -2.25. The molecule has 6 rings (SSSR count). The van der Waals surface area contributed by atoms with E-state index in [9.17, 15) is 0 Å². The van der Waals surface area contributed by atoms with Crippen LogP contribution in [0.25, 0.3) is 16.8 Å². The second kappa shape index (κ2) is 9.87. The molecule has 1 aliphatic carbocycles. The Labute approximate surface area is 218 Å². The average molecular weight is 483 g/mol. The number of benzene rings is 5. The summed E-state index contributed by atoms with van der Waals surface area (Å²) in [5, 5.41) is 2.51. The fourth-order valence-corrected chi connectivity index (χ4v) is 5.36. The van der Waals surface area contributed by atoms with Gasteiger partial charge < -0.3 is 14.5 Å². The molecule has 0 saturated carbocycles. The van der Waals surface area contributed by atoms with E-state index in [-0.39, 0.29) is 6.04 Å². The minimum absolute atomic E-state index is 0.206. The van der Waals surface area contributed by atoms with E-state index in [1.54, 1.807) is 7.11 Å². The van der Waals surface area contributed by atoms with Crippen molar-refractivity contribution in [3.8, 4) is 5.75 Å². The van der Waals surface area contributed by atoms with Gasteiger partial charge in [-0.2, -0.15) is 0 Å². The zero-order valence-electron chi connectivity index (χ0n) is 21.2. The van der Waals surface area contributed by atoms with Gasteiger partial charge in [0, 0.05) is 35.2 Å². The zero-order valence-corrected chi connectivity index (χ0v) is 21.2. The molecule has 0 aliphatic heterocycles. The highest BCUT2D eigenvalue weighted by atomic mass is 16.5. The molecule has 0 saturated heterocycles. The van der Waals surface area contributed by atoms with Gasteiger partial charge in [-0.25, -0.2) is 0 Å². The van der Waals surface area contributed by atoms with Crippen molar-refractivity contribution in [1.82, 2.24) is 0 Å². The van der Waals surface area contributed by atoms with Gasteiger partial charge in [-0.3, -0.25) is 0 Å². The zero-order chi connectivity index (χ0) is 25.2. The number of rotatable bonds is 6. The molecular weight excluding hydrogens is 452 g/mol. The summed E-state index contributed by atoms with van der Waals surface area (Å²) in [6.45, 7) is 0. The third-order valence-corrected chi connectivity index (χ3v) is 7.32. The number of hydrogen-bond acceptors (Lipinski definition) is 3. The van der Waals surface area contributed by atoms with Gasteiger partial charge in [-0.15, -0.1) is 0 Å². The molecule has 182 valence electrons. The molecule has 1 atom stereocenters. The Balaban J connectivity index is 1.43. The van der Waals surface area contributed by atoms with Gasteiger partial charge >= 0.3 is 0 Å². The number of fused-ring (bicyclic) bond motifs is 2. The van der Waals surface area contributed by atoms with Crippen molar-refractivity contribution in [1.29, 1.82) is 0 Å². The maximum atomic E-state index is 5.32. The van der Waals surface area contributed by atoms with Crippen molar-refractivity contribution in [3.05, 3.63) is 132 Å². The van der Waals surface area contributed by atoms with Crippen LogP contribution in [0.3, 0.4) is 0 Å². The predicted molar refractivity (Wildman–Crippen MR) is 156 cm³/mol. The van der Waals surface area contributed by atoms with Crippen molar-refractivity contribution in [2.75, 3.05) is 24.0 Å². The largest absolute Gasteiger partial charge is 0.497 e. The van der Waals surface area contributed by atoms with E-state index in [4.69, 9.17) is 4.74 Å². The van der Waals surface area contributed by atoms with E-state index in [1.165, 1.54) is 33.3 Å². The third kappa shape index (κ3) is 4.34. The van der Waals surface area contributed by atoms with Crippen LogP contribution in [-0.4, -0.2) is 14.2 Å². The van der Waals surface area contributed by atoms with E-state index in [0.29, 0.717) is 0 Å². The highest BCUT2D eigenvalue weighted by Crippen LogP contribution is 2.43. The molecule has 1 aliphatic rings. The summed E-state index contributed by atoms with van der Waals surface area (Å²) >= 11 is 0. The van der Waals surface area contributed by atoms with Gasteiger partial charge in [-0.05, 0) is 77.5 Å². The molecule has 3 heteroatoms. The quantitative estimate of drug-likeness (QED) is 0.240. The maximum absolute atomic E-state index is 5.32. The summed E-state index contributed by atoms with van der Waals surface area (Å²) in [5.74, 6) is 0.861. The summed E-state index contributed by atoms with van der Waals surface area (Å²) in [4.78, 5) is 4.71. The fourth-order valence-electron chi connectivity index (χ4n) is 5.36. The van der Waals surface area contributed by atoms with Crippen LogP contribution in [0, 0.1) is 0 Å². The highest BCUT2D eigenvalue weighted by molar-refractivity contribution is 5.96. The lowest BCUT2D eigenvalue weighted by molar-refractivity contribution is 0.415. The van der Waals surface area contributed by atoms with Crippen molar-refractivity contribution in [3.63, 3.8) is 0 Å². The predicted octanol–water partition coefficient (Wildman–Crippen LogP) is 8.91. The van der Waals surface area contributed by atoms with Crippen molar-refractivity contribution in [2.45, 2.75) is 12.5 Å². The number of hydrogen-bond donors (Lipinski definition) is 0. The fraction of sp³-hybridized carbons (Fsp3) is 0.118. The van der Waals surface area contributed by atoms with E-state index < -0.39 is 0 Å². The Morgan fingerprint density at radius 3 is 2.11 bits per heavy atom. The van der Waals surface area contributed by atoms with E-state index in [1.807, 2.05) is 12.1 Å². The van der Waals surface area contributed by atoms with Crippen LogP contribution in [-0.2, 0) is 0 Å². The molecule has 0 spiro atoms. The summed E-state index contributed by atoms with van der Waals surface area (Å²) in [5.41, 5.74) is 7.31. The summed E-state index contributed by atoms with van der Waals surface area (Å²) in [6.07, 6.45) is 5.50. The minimum Gasteiger partial charge on any atom is -0.497 e. The molecule has 3 nitrogen and oxygen atoms in total. The Morgan fingerprint density at radius 1 is 0.676 bits per heavy atom. The topological polar surface area (TPSA) is 15.7 Å². The molecule has 0 amide bonds. The first kappa shape index (κ1) is 22.9. The summed E-state index contributed by atoms with van der Waals surface area (Å²) in [6, 6.07) is 41.3. The Kier molecular flexibility index (Phi) is 6.11. The smallest absolute Gasteiger partial charge is 0.119 e. The molecule has 0 heterocycles. The molecule has 0 aromatic heterocycles. The third-order valence-electron chi connectivity index (χ3n) is 7.32. The second-order valence-corrected chi connectivity index (χ2v) is 9.42. The first-order valence-corrected chi connectivity index (χ1v) is 12.7. The van der Waals surface area contributed by atoms with Crippen LogP contribution >= 0.6 is 0 Å². The molecule has 5 aromatic rings. The molecule has 5 aromatic carbocycles. The second-order valence-electron chi connectivity index (χ2n) is 9.42. The van der Waals surface area contributed by atoms with E-state index >= 15 is 0 Å². The van der Waals surface area contributed by atoms with Crippen molar-refractivity contribution < 1.29 is 4.74 Å². The van der Waals surface area contributed by atoms with Crippen LogP contribution in [0.4, 0.5) is 22.7 Å². The number of methoxy groups -OCH3 is 1. The normalized spacial score (nSPS) is 14.3. The minimum atomic E-state index is 0.206. The standard InChI is InChI=1S/C34H30N2O/c1-35(28-21-23-30(37-2)24-22-28)27-17-19-29(20-18-27)36(33-15-7-11-25-9-3-5-13-31(25)33)34-16-8-12-26-10-4-6-14-32(26)34/h3-15,17-24,34H,16H2,1-2H3. The highest BCUT2D eigenvalue weighted by Gasteiger charge is 2.26. The Hall–Kier alpha value is -4.50. The van der Waals surface area contributed by atoms with Gasteiger partial charge in [0.15, 0.2) is 0 Å². The van der Waals surface area contributed by atoms with E-state index in [2.05, 4.69) is 132 Å². The Bertz CT molecular complexity index is 1550. The van der Waals surface area contributed by atoms with Crippen LogP contribution in [0.1, 0.15) is 23.6 Å². The monoisotopic (exact) mass is 482 g/mol. The van der Waals surface area contributed by atoms with Gasteiger partial charge in [0.25, 0.3) is 0 Å². The van der Waals surface area contributed by atoms with Crippen LogP contribution in [0.15, 0.2) is 121 Å². The maximum Gasteiger partial charge on any atom is 0.119 e. The molecule has 0 N–H and O–H groups in total. The molecule has 37 heavy (non-hydrogen) atoms. The van der Waals surface area contributed by atoms with Crippen LogP contribution < -0.4 is 14.5 Å². The SMILES string of the molecule is COc1ccc(N(C)c2ccc(N(c3cccc4ccccc34)C3CC=Cc4ccccc43)cc2)cc1. The first-order valence-electron chi connectivity index (χ1n) is 12.7. The van der Waals surface area contributed by atoms with Crippen molar-refractivity contribution >= 4 is 39.6 Å². The molecule has 0 radical (unpaired) electrons. The number of anilines is 4. The summed E-state index contributed by atoms with van der Waals surface area (Å²) < 4.78 is 5.32. The molecular formula is C34H30N2O. The number of ether oxygens (including phenoxy) is 1. The lowest BCUT2D eigenvalue weighted by Gasteiger charge is -2.37. The first-order chi connectivity index (χ1) is 18.2. The van der Waals surface area contributed by atoms with E-state index in [0.717, 1.165) is 23.5 Å². The molecule has 1 unspecified atom stereocenters. The molecule has 0 bridgehead atoms. The van der Waals surface area contributed by atoms with Crippen LogP contribution in [0.2, 0.25) is 0 Å². The van der Waals surface area contributed by atoms with Gasteiger partial charge in [0.05, 0.1) is 13.2 Å².